The van der Waals surface area contributed by atoms with Gasteiger partial charge in [-0.15, -0.1) is 0 Å². The summed E-state index contributed by atoms with van der Waals surface area (Å²) >= 11 is 0. The van der Waals surface area contributed by atoms with Crippen LogP contribution in [0.4, 0.5) is 11.8 Å². The molecule has 0 unspecified atom stereocenters. The molecule has 0 radical (unpaired) electrons. The Morgan fingerprint density at radius 2 is 1.95 bits per heavy atom. The van der Waals surface area contributed by atoms with Gasteiger partial charge in [0.25, 0.3) is 0 Å². The number of methoxy groups -OCH3 is 1. The van der Waals surface area contributed by atoms with Crippen LogP contribution in [0.2, 0.25) is 0 Å². The van der Waals surface area contributed by atoms with E-state index in [1.165, 1.54) is 19.3 Å². The summed E-state index contributed by atoms with van der Waals surface area (Å²) in [5, 5.41) is 4.43. The average Bonchev–Trinajstić information content (AvgIpc) is 2.55. The molecule has 112 valence electrons. The predicted molar refractivity (Wildman–Crippen MR) is 86.0 cm³/mol. The second-order valence-electron chi connectivity index (χ2n) is 5.36. The molecule has 1 aliphatic rings. The van der Waals surface area contributed by atoms with Crippen LogP contribution in [0, 0.1) is 0 Å². The van der Waals surface area contributed by atoms with Gasteiger partial charge in [-0.2, -0.15) is 4.98 Å². The Kier molecular flexibility index (Phi) is 4.50. The number of nitrogens with zero attached hydrogens (tertiary/aromatic N) is 3. The summed E-state index contributed by atoms with van der Waals surface area (Å²) in [6, 6.07) is 8.15. The highest BCUT2D eigenvalue weighted by atomic mass is 16.5. The van der Waals surface area contributed by atoms with Crippen molar-refractivity contribution in [1.82, 2.24) is 9.97 Å². The Labute approximate surface area is 125 Å². The van der Waals surface area contributed by atoms with Crippen molar-refractivity contribution in [3.8, 4) is 0 Å². The number of nitrogens with one attached hydrogen (secondary N) is 1. The van der Waals surface area contributed by atoms with E-state index in [1.54, 1.807) is 7.11 Å². The monoisotopic (exact) mass is 286 g/mol. The van der Waals surface area contributed by atoms with E-state index in [-0.39, 0.29) is 0 Å². The van der Waals surface area contributed by atoms with Crippen molar-refractivity contribution in [2.24, 2.45) is 0 Å². The first kappa shape index (κ1) is 14.1. The molecule has 1 aromatic carbocycles. The normalized spacial score (nSPS) is 15.4. The van der Waals surface area contributed by atoms with E-state index in [0.717, 1.165) is 42.3 Å². The second kappa shape index (κ2) is 6.72. The van der Waals surface area contributed by atoms with E-state index in [0.29, 0.717) is 6.61 Å². The molecule has 0 atom stereocenters. The van der Waals surface area contributed by atoms with Gasteiger partial charge < -0.3 is 15.0 Å². The quantitative estimate of drug-likeness (QED) is 0.856. The number of benzene rings is 1. The third-order valence-electron chi connectivity index (χ3n) is 3.83. The zero-order valence-electron chi connectivity index (χ0n) is 12.5. The molecule has 1 aliphatic heterocycles. The van der Waals surface area contributed by atoms with E-state index in [9.17, 15) is 0 Å². The summed E-state index contributed by atoms with van der Waals surface area (Å²) in [7, 11) is 1.71. The van der Waals surface area contributed by atoms with Gasteiger partial charge in [-0.1, -0.05) is 12.1 Å². The van der Waals surface area contributed by atoms with Crippen LogP contribution in [-0.2, 0) is 4.74 Å². The van der Waals surface area contributed by atoms with Crippen molar-refractivity contribution < 1.29 is 4.74 Å². The minimum Gasteiger partial charge on any atom is -0.383 e. The van der Waals surface area contributed by atoms with Gasteiger partial charge in [-0.05, 0) is 31.4 Å². The van der Waals surface area contributed by atoms with Crippen molar-refractivity contribution in [2.45, 2.75) is 19.3 Å². The van der Waals surface area contributed by atoms with Gasteiger partial charge in [0.05, 0.1) is 12.1 Å². The molecule has 1 aromatic heterocycles. The van der Waals surface area contributed by atoms with Crippen LogP contribution in [0.25, 0.3) is 10.9 Å². The van der Waals surface area contributed by atoms with Gasteiger partial charge in [0.2, 0.25) is 5.95 Å². The molecule has 1 fully saturated rings. The minimum atomic E-state index is 0.664. The maximum atomic E-state index is 5.11. The number of aromatic nitrogens is 2. The van der Waals surface area contributed by atoms with Crippen LogP contribution in [0.15, 0.2) is 24.3 Å². The van der Waals surface area contributed by atoms with Gasteiger partial charge in [-0.3, -0.25) is 0 Å². The first-order valence-corrected chi connectivity index (χ1v) is 7.63. The third kappa shape index (κ3) is 3.24. The highest BCUT2D eigenvalue weighted by Gasteiger charge is 2.15. The van der Waals surface area contributed by atoms with E-state index in [1.807, 2.05) is 18.2 Å². The maximum Gasteiger partial charge on any atom is 0.227 e. The Morgan fingerprint density at radius 3 is 2.76 bits per heavy atom. The zero-order chi connectivity index (χ0) is 14.5. The van der Waals surface area contributed by atoms with Crippen LogP contribution in [-0.4, -0.2) is 43.3 Å². The Hall–Kier alpha value is -1.88. The van der Waals surface area contributed by atoms with Crippen LogP contribution < -0.4 is 10.2 Å². The van der Waals surface area contributed by atoms with Crippen molar-refractivity contribution in [2.75, 3.05) is 43.6 Å². The van der Waals surface area contributed by atoms with Gasteiger partial charge in [0.1, 0.15) is 5.82 Å². The number of para-hydroxylation sites is 1. The maximum absolute atomic E-state index is 5.11. The summed E-state index contributed by atoms with van der Waals surface area (Å²) in [5.41, 5.74) is 0.994. The largest absolute Gasteiger partial charge is 0.383 e. The molecule has 5 heteroatoms. The fourth-order valence-corrected chi connectivity index (χ4v) is 2.71. The van der Waals surface area contributed by atoms with Crippen LogP contribution >= 0.6 is 0 Å². The summed E-state index contributed by atoms with van der Waals surface area (Å²) in [4.78, 5) is 11.8. The number of rotatable bonds is 5. The van der Waals surface area contributed by atoms with Crippen molar-refractivity contribution in [3.63, 3.8) is 0 Å². The number of fused-ring (bicyclic) bond motifs is 1. The van der Waals surface area contributed by atoms with Crippen LogP contribution in [0.5, 0.6) is 0 Å². The molecule has 2 heterocycles. The van der Waals surface area contributed by atoms with Gasteiger partial charge in [0.15, 0.2) is 0 Å². The SMILES string of the molecule is COCCNc1nc(N2CCCCC2)nc2ccccc12. The van der Waals surface area contributed by atoms with Crippen molar-refractivity contribution >= 4 is 22.7 Å². The van der Waals surface area contributed by atoms with Crippen LogP contribution in [0.1, 0.15) is 19.3 Å². The lowest BCUT2D eigenvalue weighted by atomic mass is 10.1. The van der Waals surface area contributed by atoms with E-state index >= 15 is 0 Å². The molecule has 5 nitrogen and oxygen atoms in total. The number of hydrogen-bond acceptors (Lipinski definition) is 5. The fraction of sp³-hybridized carbons (Fsp3) is 0.500. The summed E-state index contributed by atoms with van der Waals surface area (Å²) in [6.45, 7) is 3.51. The lowest BCUT2D eigenvalue weighted by Crippen LogP contribution is -2.31. The topological polar surface area (TPSA) is 50.3 Å². The smallest absolute Gasteiger partial charge is 0.227 e. The molecule has 0 spiro atoms. The molecule has 0 bridgehead atoms. The zero-order valence-corrected chi connectivity index (χ0v) is 12.5. The molecule has 0 aliphatic carbocycles. The fourth-order valence-electron chi connectivity index (χ4n) is 2.71. The van der Waals surface area contributed by atoms with Gasteiger partial charge >= 0.3 is 0 Å². The number of piperidine rings is 1. The Bertz CT molecular complexity index is 596. The third-order valence-corrected chi connectivity index (χ3v) is 3.83. The highest BCUT2D eigenvalue weighted by molar-refractivity contribution is 5.90. The van der Waals surface area contributed by atoms with Crippen LogP contribution in [0.3, 0.4) is 0 Å². The molecule has 1 N–H and O–H groups in total. The van der Waals surface area contributed by atoms with Crippen molar-refractivity contribution in [1.29, 1.82) is 0 Å². The number of ether oxygens (including phenoxy) is 1. The molecule has 21 heavy (non-hydrogen) atoms. The first-order chi connectivity index (χ1) is 10.4. The standard InChI is InChI=1S/C16H22N4O/c1-21-12-9-17-15-13-7-3-4-8-14(13)18-16(19-15)20-10-5-2-6-11-20/h3-4,7-8H,2,5-6,9-12H2,1H3,(H,17,18,19). The number of anilines is 2. The predicted octanol–water partition coefficient (Wildman–Crippen LogP) is 2.68. The molecule has 0 amide bonds. The summed E-state index contributed by atoms with van der Waals surface area (Å²) < 4.78 is 5.11. The summed E-state index contributed by atoms with van der Waals surface area (Å²) in [6.07, 6.45) is 3.76. The second-order valence-corrected chi connectivity index (χ2v) is 5.36. The Morgan fingerprint density at radius 1 is 1.14 bits per heavy atom. The van der Waals surface area contributed by atoms with Gasteiger partial charge in [-0.25, -0.2) is 4.98 Å². The average molecular weight is 286 g/mol. The summed E-state index contributed by atoms with van der Waals surface area (Å²) in [5.74, 6) is 1.74. The minimum absolute atomic E-state index is 0.664. The molecule has 0 saturated carbocycles. The lowest BCUT2D eigenvalue weighted by molar-refractivity contribution is 0.210. The molecular weight excluding hydrogens is 264 g/mol. The van der Waals surface area contributed by atoms with Crippen molar-refractivity contribution in [3.05, 3.63) is 24.3 Å². The highest BCUT2D eigenvalue weighted by Crippen LogP contribution is 2.24. The lowest BCUT2D eigenvalue weighted by Gasteiger charge is -2.27. The van der Waals surface area contributed by atoms with E-state index in [2.05, 4.69) is 16.3 Å². The molecular formula is C16H22N4O. The molecule has 2 aromatic rings. The van der Waals surface area contributed by atoms with E-state index < -0.39 is 0 Å². The molecule has 3 rings (SSSR count). The van der Waals surface area contributed by atoms with E-state index in [4.69, 9.17) is 14.7 Å². The van der Waals surface area contributed by atoms with Gasteiger partial charge in [0, 0.05) is 32.1 Å². The Balaban J connectivity index is 1.93. The first-order valence-electron chi connectivity index (χ1n) is 7.63. The number of hydrogen-bond donors (Lipinski definition) is 1. The molecule has 1 saturated heterocycles.